The molecule has 0 aliphatic carbocycles. The van der Waals surface area contributed by atoms with Crippen molar-refractivity contribution >= 4 is 11.6 Å². The Kier molecular flexibility index (Phi) is 4.35. The van der Waals surface area contributed by atoms with Crippen LogP contribution in [0.25, 0.3) is 0 Å². The average molecular weight is 266 g/mol. The maximum absolute atomic E-state index is 12.0. The normalized spacial score (nSPS) is 11.2. The van der Waals surface area contributed by atoms with Gasteiger partial charge >= 0.3 is 0 Å². The molecule has 0 fully saturated rings. The molecule has 0 aliphatic heterocycles. The van der Waals surface area contributed by atoms with Gasteiger partial charge in [-0.1, -0.05) is 24.3 Å². The first-order chi connectivity index (χ1) is 9.69. The number of ether oxygens (including phenoxy) is 1. The van der Waals surface area contributed by atoms with E-state index in [1.807, 2.05) is 24.3 Å². The average Bonchev–Trinajstić information content (AvgIpc) is 2.48. The quantitative estimate of drug-likeness (QED) is 0.925. The minimum atomic E-state index is -0.622. The molecule has 0 saturated carbocycles. The Morgan fingerprint density at radius 3 is 2.65 bits per heavy atom. The number of hydrogen-bond donors (Lipinski definition) is 1. The smallest absolute Gasteiger partial charge is 0.265 e. The molecule has 4 nitrogen and oxygen atoms in total. The highest BCUT2D eigenvalue weighted by atomic mass is 16.5. The zero-order valence-electron chi connectivity index (χ0n) is 11.0. The summed E-state index contributed by atoms with van der Waals surface area (Å²) in [5, 5.41) is 11.5. The number of hydrogen-bond acceptors (Lipinski definition) is 3. The Morgan fingerprint density at radius 2 is 1.95 bits per heavy atom. The van der Waals surface area contributed by atoms with Crippen LogP contribution in [0.2, 0.25) is 0 Å². The van der Waals surface area contributed by atoms with Crippen LogP contribution in [0.1, 0.15) is 12.5 Å². The molecule has 4 heteroatoms. The minimum Gasteiger partial charge on any atom is -0.481 e. The Morgan fingerprint density at radius 1 is 1.20 bits per heavy atom. The summed E-state index contributed by atoms with van der Waals surface area (Å²) in [4.78, 5) is 12.0. The van der Waals surface area contributed by atoms with Crippen molar-refractivity contribution in [2.75, 3.05) is 5.32 Å². The summed E-state index contributed by atoms with van der Waals surface area (Å²) in [5.41, 5.74) is 1.08. The van der Waals surface area contributed by atoms with E-state index in [0.29, 0.717) is 17.0 Å². The maximum atomic E-state index is 12.0. The number of benzene rings is 2. The van der Waals surface area contributed by atoms with Crippen LogP contribution in [-0.2, 0) is 4.79 Å². The number of amides is 1. The van der Waals surface area contributed by atoms with Crippen LogP contribution >= 0.6 is 0 Å². The van der Waals surface area contributed by atoms with Gasteiger partial charge in [0.25, 0.3) is 5.91 Å². The molecule has 0 radical (unpaired) electrons. The first kappa shape index (κ1) is 13.6. The van der Waals surface area contributed by atoms with Crippen LogP contribution in [-0.4, -0.2) is 12.0 Å². The second-order valence-electron chi connectivity index (χ2n) is 4.25. The lowest BCUT2D eigenvalue weighted by molar-refractivity contribution is -0.122. The molecular weight excluding hydrogens is 252 g/mol. The van der Waals surface area contributed by atoms with E-state index in [1.165, 1.54) is 0 Å². The second kappa shape index (κ2) is 6.39. The van der Waals surface area contributed by atoms with Crippen LogP contribution in [0, 0.1) is 11.3 Å². The van der Waals surface area contributed by atoms with Crippen molar-refractivity contribution in [1.29, 1.82) is 5.26 Å². The molecule has 0 bridgehead atoms. The van der Waals surface area contributed by atoms with Gasteiger partial charge in [-0.15, -0.1) is 0 Å². The van der Waals surface area contributed by atoms with Crippen molar-refractivity contribution in [1.82, 2.24) is 0 Å². The first-order valence-corrected chi connectivity index (χ1v) is 6.22. The fourth-order valence-corrected chi connectivity index (χ4v) is 1.67. The summed E-state index contributed by atoms with van der Waals surface area (Å²) in [5.74, 6) is 0.380. The summed E-state index contributed by atoms with van der Waals surface area (Å²) in [6, 6.07) is 17.9. The standard InChI is InChI=1S/C16H14N2O2/c1-12(20-15-8-3-2-4-9-15)16(19)18-14-7-5-6-13(10-14)11-17/h2-10,12H,1H3,(H,18,19). The third-order valence-electron chi connectivity index (χ3n) is 2.68. The van der Waals surface area contributed by atoms with Crippen LogP contribution < -0.4 is 10.1 Å². The van der Waals surface area contributed by atoms with Crippen molar-refractivity contribution in [3.63, 3.8) is 0 Å². The minimum absolute atomic E-state index is 0.260. The van der Waals surface area contributed by atoms with Crippen LogP contribution in [0.3, 0.4) is 0 Å². The van der Waals surface area contributed by atoms with Gasteiger partial charge in [0.05, 0.1) is 11.6 Å². The zero-order valence-corrected chi connectivity index (χ0v) is 11.0. The van der Waals surface area contributed by atoms with Crippen LogP contribution in [0.5, 0.6) is 5.75 Å². The van der Waals surface area contributed by atoms with Crippen molar-refractivity contribution in [2.24, 2.45) is 0 Å². The monoisotopic (exact) mass is 266 g/mol. The van der Waals surface area contributed by atoms with Gasteiger partial charge in [0.2, 0.25) is 0 Å². The molecule has 0 saturated heterocycles. The number of carbonyl (C=O) groups excluding carboxylic acids is 1. The molecule has 100 valence electrons. The molecule has 2 rings (SSSR count). The van der Waals surface area contributed by atoms with Crippen LogP contribution in [0.4, 0.5) is 5.69 Å². The van der Waals surface area contributed by atoms with Gasteiger partial charge in [-0.05, 0) is 37.3 Å². The Labute approximate surface area is 117 Å². The Bertz CT molecular complexity index is 632. The molecule has 0 heterocycles. The molecule has 1 unspecified atom stereocenters. The molecule has 20 heavy (non-hydrogen) atoms. The number of nitrogens with zero attached hydrogens (tertiary/aromatic N) is 1. The number of nitrogens with one attached hydrogen (secondary N) is 1. The summed E-state index contributed by atoms with van der Waals surface area (Å²) in [7, 11) is 0. The summed E-state index contributed by atoms with van der Waals surface area (Å²) >= 11 is 0. The van der Waals surface area contributed by atoms with Gasteiger partial charge in [0, 0.05) is 5.69 Å². The molecule has 2 aromatic carbocycles. The van der Waals surface area contributed by atoms with Crippen molar-refractivity contribution in [2.45, 2.75) is 13.0 Å². The van der Waals surface area contributed by atoms with Crippen molar-refractivity contribution < 1.29 is 9.53 Å². The first-order valence-electron chi connectivity index (χ1n) is 6.22. The lowest BCUT2D eigenvalue weighted by Gasteiger charge is -2.14. The number of rotatable bonds is 4. The topological polar surface area (TPSA) is 62.1 Å². The van der Waals surface area contributed by atoms with E-state index in [0.717, 1.165) is 0 Å². The third-order valence-corrected chi connectivity index (χ3v) is 2.68. The predicted octanol–water partition coefficient (Wildman–Crippen LogP) is 2.96. The van der Waals surface area contributed by atoms with Gasteiger partial charge in [-0.2, -0.15) is 5.26 Å². The number of para-hydroxylation sites is 1. The lowest BCUT2D eigenvalue weighted by atomic mass is 10.2. The summed E-state index contributed by atoms with van der Waals surface area (Å²) < 4.78 is 5.53. The highest BCUT2D eigenvalue weighted by Gasteiger charge is 2.14. The largest absolute Gasteiger partial charge is 0.481 e. The second-order valence-corrected chi connectivity index (χ2v) is 4.25. The van der Waals surface area contributed by atoms with Gasteiger partial charge in [0.1, 0.15) is 5.75 Å². The highest BCUT2D eigenvalue weighted by Crippen LogP contribution is 2.13. The van der Waals surface area contributed by atoms with Gasteiger partial charge < -0.3 is 10.1 Å². The van der Waals surface area contributed by atoms with E-state index in [9.17, 15) is 4.79 Å². The maximum Gasteiger partial charge on any atom is 0.265 e. The van der Waals surface area contributed by atoms with Gasteiger partial charge in [-0.3, -0.25) is 4.79 Å². The van der Waals surface area contributed by atoms with E-state index < -0.39 is 6.10 Å². The molecule has 0 spiro atoms. The molecule has 0 aromatic heterocycles. The third kappa shape index (κ3) is 3.59. The van der Waals surface area contributed by atoms with Crippen LogP contribution in [0.15, 0.2) is 54.6 Å². The van der Waals surface area contributed by atoms with E-state index in [4.69, 9.17) is 10.00 Å². The van der Waals surface area contributed by atoms with Gasteiger partial charge in [-0.25, -0.2) is 0 Å². The lowest BCUT2D eigenvalue weighted by Crippen LogP contribution is -2.30. The summed E-state index contributed by atoms with van der Waals surface area (Å²) in [6.45, 7) is 1.68. The van der Waals surface area contributed by atoms with E-state index in [1.54, 1.807) is 43.3 Å². The fraction of sp³-hybridized carbons (Fsp3) is 0.125. The number of nitriles is 1. The zero-order chi connectivity index (χ0) is 14.4. The molecule has 2 aromatic rings. The molecule has 1 atom stereocenters. The molecule has 1 N–H and O–H groups in total. The summed E-state index contributed by atoms with van der Waals surface area (Å²) in [6.07, 6.45) is -0.622. The number of anilines is 1. The van der Waals surface area contributed by atoms with E-state index >= 15 is 0 Å². The van der Waals surface area contributed by atoms with E-state index in [2.05, 4.69) is 5.32 Å². The Hall–Kier alpha value is -2.80. The highest BCUT2D eigenvalue weighted by molar-refractivity contribution is 5.94. The molecule has 1 amide bonds. The SMILES string of the molecule is CC(Oc1ccccc1)C(=O)Nc1cccc(C#N)c1. The predicted molar refractivity (Wildman–Crippen MR) is 76.3 cm³/mol. The molecular formula is C16H14N2O2. The van der Waals surface area contributed by atoms with Gasteiger partial charge in [0.15, 0.2) is 6.10 Å². The van der Waals surface area contributed by atoms with E-state index in [-0.39, 0.29) is 5.91 Å². The number of carbonyl (C=O) groups is 1. The molecule has 0 aliphatic rings. The fourth-order valence-electron chi connectivity index (χ4n) is 1.67. The van der Waals surface area contributed by atoms with Crippen molar-refractivity contribution in [3.8, 4) is 11.8 Å². The Balaban J connectivity index is 1.99. The van der Waals surface area contributed by atoms with Crippen molar-refractivity contribution in [3.05, 3.63) is 60.2 Å².